The van der Waals surface area contributed by atoms with Gasteiger partial charge in [0.1, 0.15) is 5.00 Å². The van der Waals surface area contributed by atoms with E-state index in [9.17, 15) is 9.59 Å². The van der Waals surface area contributed by atoms with Crippen molar-refractivity contribution >= 4 is 44.6 Å². The first-order chi connectivity index (χ1) is 8.63. The zero-order chi connectivity index (χ0) is 13.1. The maximum atomic E-state index is 11.9. The number of carbonyl (C=O) groups is 2. The van der Waals surface area contributed by atoms with Crippen molar-refractivity contribution in [3.8, 4) is 0 Å². The van der Waals surface area contributed by atoms with Gasteiger partial charge in [-0.1, -0.05) is 0 Å². The maximum Gasteiger partial charge on any atom is 0.340 e. The van der Waals surface area contributed by atoms with E-state index in [2.05, 4.69) is 10.1 Å². The molecule has 0 saturated carbocycles. The number of hydrogen-bond donors (Lipinski definition) is 2. The van der Waals surface area contributed by atoms with Crippen LogP contribution >= 0.6 is 22.7 Å². The van der Waals surface area contributed by atoms with Gasteiger partial charge >= 0.3 is 5.97 Å². The van der Waals surface area contributed by atoms with Crippen LogP contribution in [-0.2, 0) is 4.74 Å². The Morgan fingerprint density at radius 3 is 2.50 bits per heavy atom. The molecule has 5 nitrogen and oxygen atoms in total. The highest BCUT2D eigenvalue weighted by Crippen LogP contribution is 2.26. The molecule has 0 fully saturated rings. The number of thiophene rings is 2. The average Bonchev–Trinajstić information content (AvgIpc) is 2.97. The van der Waals surface area contributed by atoms with E-state index < -0.39 is 5.97 Å². The van der Waals surface area contributed by atoms with Crippen LogP contribution in [0.15, 0.2) is 22.9 Å². The van der Waals surface area contributed by atoms with E-state index in [1.54, 1.807) is 22.9 Å². The number of esters is 1. The van der Waals surface area contributed by atoms with Crippen molar-refractivity contribution in [1.82, 2.24) is 0 Å². The predicted octanol–water partition coefficient (Wildman–Crippen LogP) is 2.43. The zero-order valence-corrected chi connectivity index (χ0v) is 11.1. The van der Waals surface area contributed by atoms with Crippen LogP contribution in [-0.4, -0.2) is 19.0 Å². The summed E-state index contributed by atoms with van der Waals surface area (Å²) in [7, 11) is 1.29. The number of rotatable bonds is 3. The fraction of sp³-hybridized carbons (Fsp3) is 0.0909. The van der Waals surface area contributed by atoms with Crippen molar-refractivity contribution in [2.45, 2.75) is 0 Å². The lowest BCUT2D eigenvalue weighted by Crippen LogP contribution is -2.14. The number of ether oxygens (including phenoxy) is 1. The summed E-state index contributed by atoms with van der Waals surface area (Å²) in [6.07, 6.45) is 0. The van der Waals surface area contributed by atoms with Gasteiger partial charge in [0.15, 0.2) is 0 Å². The van der Waals surface area contributed by atoms with Gasteiger partial charge in [0, 0.05) is 0 Å². The lowest BCUT2D eigenvalue weighted by atomic mass is 10.3. The van der Waals surface area contributed by atoms with Crippen molar-refractivity contribution in [2.75, 3.05) is 18.2 Å². The molecule has 7 heteroatoms. The summed E-state index contributed by atoms with van der Waals surface area (Å²) in [5, 5.41) is 7.00. The van der Waals surface area contributed by atoms with E-state index in [1.165, 1.54) is 29.8 Å². The van der Waals surface area contributed by atoms with Crippen molar-refractivity contribution in [1.29, 1.82) is 0 Å². The summed E-state index contributed by atoms with van der Waals surface area (Å²) in [5.74, 6) is -0.814. The van der Waals surface area contributed by atoms with Gasteiger partial charge in [-0.3, -0.25) is 4.79 Å². The van der Waals surface area contributed by atoms with Crippen LogP contribution < -0.4 is 11.1 Å². The largest absolute Gasteiger partial charge is 0.465 e. The Bertz CT molecular complexity index is 589. The smallest absolute Gasteiger partial charge is 0.340 e. The molecule has 0 radical (unpaired) electrons. The number of anilines is 2. The predicted molar refractivity (Wildman–Crippen MR) is 72.3 cm³/mol. The normalized spacial score (nSPS) is 10.1. The molecular weight excluding hydrogens is 272 g/mol. The fourth-order valence-corrected chi connectivity index (χ4v) is 2.76. The van der Waals surface area contributed by atoms with E-state index in [1.807, 2.05) is 0 Å². The summed E-state index contributed by atoms with van der Waals surface area (Å²) < 4.78 is 4.63. The minimum Gasteiger partial charge on any atom is -0.465 e. The van der Waals surface area contributed by atoms with Crippen LogP contribution in [0.1, 0.15) is 20.7 Å². The molecule has 0 aromatic carbocycles. The molecule has 0 aliphatic heterocycles. The first-order valence-corrected chi connectivity index (χ1v) is 6.69. The molecule has 2 rings (SSSR count). The second-order valence-corrected chi connectivity index (χ2v) is 5.17. The molecule has 3 N–H and O–H groups in total. The molecule has 2 heterocycles. The number of nitrogen functional groups attached to an aromatic ring is 1. The molecule has 1 amide bonds. The molecule has 94 valence electrons. The van der Waals surface area contributed by atoms with E-state index in [0.29, 0.717) is 21.1 Å². The zero-order valence-electron chi connectivity index (χ0n) is 9.43. The number of methoxy groups -OCH3 is 1. The van der Waals surface area contributed by atoms with Crippen LogP contribution in [0.4, 0.5) is 10.0 Å². The highest BCUT2D eigenvalue weighted by Gasteiger charge is 2.17. The van der Waals surface area contributed by atoms with E-state index in [4.69, 9.17) is 5.73 Å². The van der Waals surface area contributed by atoms with E-state index >= 15 is 0 Å². The number of nitrogens with two attached hydrogens (primary N) is 1. The van der Waals surface area contributed by atoms with Crippen LogP contribution in [0.5, 0.6) is 0 Å². The summed E-state index contributed by atoms with van der Waals surface area (Å²) in [5.41, 5.74) is 6.41. The summed E-state index contributed by atoms with van der Waals surface area (Å²) in [4.78, 5) is 23.4. The standard InChI is InChI=1S/C11H10N2O3S2/c1-16-11(15)7-3-5-18-10(7)13-9(14)6-2-4-17-8(6)12/h2-5H,12H2,1H3,(H,13,14). The number of carbonyl (C=O) groups excluding carboxylic acids is 2. The van der Waals surface area contributed by atoms with Gasteiger partial charge in [-0.15, -0.1) is 22.7 Å². The Balaban J connectivity index is 2.20. The third-order valence-corrected chi connectivity index (χ3v) is 3.81. The van der Waals surface area contributed by atoms with Crippen molar-refractivity contribution in [3.63, 3.8) is 0 Å². The monoisotopic (exact) mass is 282 g/mol. The highest BCUT2D eigenvalue weighted by atomic mass is 32.1. The van der Waals surface area contributed by atoms with Crippen molar-refractivity contribution in [3.05, 3.63) is 34.0 Å². The molecule has 18 heavy (non-hydrogen) atoms. The SMILES string of the molecule is COC(=O)c1ccsc1NC(=O)c1ccsc1N. The Hall–Kier alpha value is -1.86. The molecule has 0 aliphatic carbocycles. The highest BCUT2D eigenvalue weighted by molar-refractivity contribution is 7.15. The van der Waals surface area contributed by atoms with Gasteiger partial charge in [0.25, 0.3) is 5.91 Å². The fourth-order valence-electron chi connectivity index (χ4n) is 1.36. The molecule has 2 aromatic heterocycles. The first-order valence-electron chi connectivity index (χ1n) is 4.93. The molecule has 0 saturated heterocycles. The summed E-state index contributed by atoms with van der Waals surface area (Å²) in [6.45, 7) is 0. The van der Waals surface area contributed by atoms with Crippen molar-refractivity contribution < 1.29 is 14.3 Å². The van der Waals surface area contributed by atoms with Crippen LogP contribution in [0, 0.1) is 0 Å². The van der Waals surface area contributed by atoms with Crippen LogP contribution in [0.25, 0.3) is 0 Å². The van der Waals surface area contributed by atoms with Gasteiger partial charge in [-0.2, -0.15) is 0 Å². The first kappa shape index (κ1) is 12.6. The third kappa shape index (κ3) is 2.36. The lowest BCUT2D eigenvalue weighted by molar-refractivity contribution is 0.0602. The van der Waals surface area contributed by atoms with Crippen LogP contribution in [0.2, 0.25) is 0 Å². The molecule has 0 atom stereocenters. The Morgan fingerprint density at radius 1 is 1.22 bits per heavy atom. The summed E-state index contributed by atoms with van der Waals surface area (Å²) >= 11 is 2.54. The molecule has 0 bridgehead atoms. The molecule has 2 aromatic rings. The average molecular weight is 282 g/mol. The van der Waals surface area contributed by atoms with Crippen LogP contribution in [0.3, 0.4) is 0 Å². The molecule has 0 spiro atoms. The van der Waals surface area contributed by atoms with E-state index in [0.717, 1.165) is 0 Å². The van der Waals surface area contributed by atoms with Gasteiger partial charge in [-0.05, 0) is 22.9 Å². The molecule has 0 unspecified atom stereocenters. The van der Waals surface area contributed by atoms with Gasteiger partial charge in [0.05, 0.1) is 23.2 Å². The maximum absolute atomic E-state index is 11.9. The van der Waals surface area contributed by atoms with Gasteiger partial charge < -0.3 is 15.8 Å². The minimum absolute atomic E-state index is 0.332. The summed E-state index contributed by atoms with van der Waals surface area (Å²) in [6, 6.07) is 3.24. The number of amides is 1. The molecular formula is C11H10N2O3S2. The Kier molecular flexibility index (Phi) is 3.63. The second-order valence-electron chi connectivity index (χ2n) is 3.31. The Labute approximate surface area is 111 Å². The Morgan fingerprint density at radius 2 is 1.89 bits per heavy atom. The molecule has 0 aliphatic rings. The third-order valence-electron chi connectivity index (χ3n) is 2.24. The minimum atomic E-state index is -0.482. The number of hydrogen-bond acceptors (Lipinski definition) is 6. The topological polar surface area (TPSA) is 81.4 Å². The number of nitrogens with one attached hydrogen (secondary N) is 1. The van der Waals surface area contributed by atoms with Gasteiger partial charge in [0.2, 0.25) is 0 Å². The quantitative estimate of drug-likeness (QED) is 0.847. The lowest BCUT2D eigenvalue weighted by Gasteiger charge is -2.04. The second kappa shape index (κ2) is 5.19. The van der Waals surface area contributed by atoms with Gasteiger partial charge in [-0.25, -0.2) is 4.79 Å². The van der Waals surface area contributed by atoms with Crippen molar-refractivity contribution in [2.24, 2.45) is 0 Å². The van der Waals surface area contributed by atoms with E-state index in [-0.39, 0.29) is 5.91 Å².